The molecule has 2 heterocycles. The van der Waals surface area contributed by atoms with Gasteiger partial charge in [-0.05, 0) is 43.0 Å². The Morgan fingerprint density at radius 1 is 1.11 bits per heavy atom. The molecule has 0 saturated heterocycles. The van der Waals surface area contributed by atoms with Crippen molar-refractivity contribution in [2.75, 3.05) is 5.75 Å². The van der Waals surface area contributed by atoms with Crippen molar-refractivity contribution in [1.29, 1.82) is 0 Å². The van der Waals surface area contributed by atoms with Gasteiger partial charge in [-0.2, -0.15) is 0 Å². The zero-order valence-corrected chi connectivity index (χ0v) is 16.0. The van der Waals surface area contributed by atoms with E-state index in [-0.39, 0.29) is 17.8 Å². The van der Waals surface area contributed by atoms with Crippen LogP contribution in [0.3, 0.4) is 0 Å². The van der Waals surface area contributed by atoms with Crippen molar-refractivity contribution in [2.45, 2.75) is 36.1 Å². The first-order valence-electron chi connectivity index (χ1n) is 9.45. The topological polar surface area (TPSA) is 59.8 Å². The second-order valence-corrected chi connectivity index (χ2v) is 8.27. The maximum atomic E-state index is 14.1. The van der Waals surface area contributed by atoms with Crippen LogP contribution in [0.15, 0.2) is 53.4 Å². The molecule has 0 bridgehead atoms. The number of hydrogen-bond donors (Lipinski definition) is 1. The molecule has 5 rings (SSSR count). The predicted octanol–water partition coefficient (Wildman–Crippen LogP) is 4.25. The Balaban J connectivity index is 1.46. The van der Waals surface area contributed by atoms with Crippen LogP contribution in [-0.2, 0) is 0 Å². The van der Waals surface area contributed by atoms with Gasteiger partial charge in [-0.3, -0.25) is 4.79 Å². The molecule has 1 aromatic heterocycles. The van der Waals surface area contributed by atoms with Crippen LogP contribution in [0.4, 0.5) is 4.39 Å². The fourth-order valence-corrected chi connectivity index (χ4v) is 4.84. The van der Waals surface area contributed by atoms with Gasteiger partial charge >= 0.3 is 0 Å². The zero-order valence-electron chi connectivity index (χ0n) is 15.1. The lowest BCUT2D eigenvalue weighted by Gasteiger charge is -2.26. The molecule has 5 nitrogen and oxygen atoms in total. The Bertz CT molecular complexity index is 1030. The number of carbonyl (C=O) groups excluding carboxylic acids is 1. The van der Waals surface area contributed by atoms with E-state index in [0.717, 1.165) is 42.0 Å². The maximum Gasteiger partial charge on any atom is 0.274 e. The van der Waals surface area contributed by atoms with E-state index in [2.05, 4.69) is 15.6 Å². The Morgan fingerprint density at radius 2 is 1.93 bits per heavy atom. The molecule has 7 heteroatoms. The highest BCUT2D eigenvalue weighted by atomic mass is 32.2. The van der Waals surface area contributed by atoms with Gasteiger partial charge in [-0.15, -0.1) is 16.9 Å². The molecular formula is C21H19FN4OS. The van der Waals surface area contributed by atoms with Crippen LogP contribution in [0.5, 0.6) is 0 Å². The Labute approximate surface area is 166 Å². The van der Waals surface area contributed by atoms with Crippen LogP contribution in [-0.4, -0.2) is 26.7 Å². The number of rotatable bonds is 4. The third-order valence-electron chi connectivity index (χ3n) is 5.22. The number of fused-ring (bicyclic) bond motifs is 1. The summed E-state index contributed by atoms with van der Waals surface area (Å²) in [6, 6.07) is 14.6. The van der Waals surface area contributed by atoms with Crippen LogP contribution in [0.1, 0.15) is 53.0 Å². The molecule has 1 aliphatic carbocycles. The van der Waals surface area contributed by atoms with E-state index in [9.17, 15) is 9.18 Å². The van der Waals surface area contributed by atoms with Crippen molar-refractivity contribution >= 4 is 17.7 Å². The molecule has 142 valence electrons. The molecule has 1 unspecified atom stereocenters. The lowest BCUT2D eigenvalue weighted by atomic mass is 10.0. The van der Waals surface area contributed by atoms with Gasteiger partial charge in [0.15, 0.2) is 5.69 Å². The Morgan fingerprint density at radius 3 is 2.71 bits per heavy atom. The van der Waals surface area contributed by atoms with Crippen LogP contribution in [0.2, 0.25) is 0 Å². The zero-order chi connectivity index (χ0) is 19.1. The standard InChI is InChI=1S/C21H19FN4OS/c22-16-8-4-7-15-17(11-12-28-20(15)16)23-21(27)18-19(13-9-10-13)26(25-24-18)14-5-2-1-3-6-14/h1-8,13,17H,9-12H2,(H,23,27). The summed E-state index contributed by atoms with van der Waals surface area (Å²) in [4.78, 5) is 13.7. The summed E-state index contributed by atoms with van der Waals surface area (Å²) in [7, 11) is 0. The largest absolute Gasteiger partial charge is 0.344 e. The minimum atomic E-state index is -0.240. The normalized spacial score (nSPS) is 18.5. The van der Waals surface area contributed by atoms with Gasteiger partial charge in [0.1, 0.15) is 5.82 Å². The second-order valence-electron chi connectivity index (χ2n) is 7.17. The van der Waals surface area contributed by atoms with Crippen LogP contribution >= 0.6 is 11.8 Å². The van der Waals surface area contributed by atoms with E-state index in [1.165, 1.54) is 17.8 Å². The summed E-state index contributed by atoms with van der Waals surface area (Å²) in [6.07, 6.45) is 2.83. The molecule has 2 aliphatic rings. The first-order chi connectivity index (χ1) is 13.7. The molecule has 1 aliphatic heterocycles. The molecule has 1 atom stereocenters. The minimum absolute atomic E-state index is 0.214. The molecule has 1 saturated carbocycles. The summed E-state index contributed by atoms with van der Waals surface area (Å²) in [6.45, 7) is 0. The molecule has 1 N–H and O–H groups in total. The van der Waals surface area contributed by atoms with E-state index in [1.807, 2.05) is 36.4 Å². The molecule has 0 spiro atoms. The first kappa shape index (κ1) is 17.4. The number of amides is 1. The number of aromatic nitrogens is 3. The number of thioether (sulfide) groups is 1. The molecule has 1 fully saturated rings. The average Bonchev–Trinajstić information content (AvgIpc) is 3.47. The van der Waals surface area contributed by atoms with E-state index in [4.69, 9.17) is 0 Å². The number of carbonyl (C=O) groups is 1. The summed E-state index contributed by atoms with van der Waals surface area (Å²) in [5.41, 5.74) is 2.99. The van der Waals surface area contributed by atoms with Crippen LogP contribution in [0.25, 0.3) is 5.69 Å². The number of halogens is 1. The van der Waals surface area contributed by atoms with E-state index in [1.54, 1.807) is 10.7 Å². The van der Waals surface area contributed by atoms with Crippen molar-refractivity contribution < 1.29 is 9.18 Å². The van der Waals surface area contributed by atoms with Crippen LogP contribution < -0.4 is 5.32 Å². The molecule has 28 heavy (non-hydrogen) atoms. The second kappa shape index (κ2) is 7.05. The number of nitrogens with zero attached hydrogens (tertiary/aromatic N) is 3. The van der Waals surface area contributed by atoms with Gasteiger partial charge in [0.25, 0.3) is 5.91 Å². The van der Waals surface area contributed by atoms with Gasteiger partial charge in [0, 0.05) is 16.6 Å². The number of para-hydroxylation sites is 1. The van der Waals surface area contributed by atoms with Crippen molar-refractivity contribution in [2.24, 2.45) is 0 Å². The lowest BCUT2D eigenvalue weighted by molar-refractivity contribution is 0.0928. The number of benzene rings is 2. The van der Waals surface area contributed by atoms with Crippen molar-refractivity contribution in [3.8, 4) is 5.69 Å². The third kappa shape index (κ3) is 3.09. The molecule has 3 aromatic rings. The van der Waals surface area contributed by atoms with Gasteiger partial charge in [-0.1, -0.05) is 35.5 Å². The summed E-state index contributed by atoms with van der Waals surface area (Å²) in [5, 5.41) is 11.5. The molecule has 2 aromatic carbocycles. The van der Waals surface area contributed by atoms with Gasteiger partial charge in [0.05, 0.1) is 17.4 Å². The highest BCUT2D eigenvalue weighted by Crippen LogP contribution is 2.42. The van der Waals surface area contributed by atoms with Crippen LogP contribution in [0, 0.1) is 5.82 Å². The highest BCUT2D eigenvalue weighted by Gasteiger charge is 2.35. The number of hydrogen-bond acceptors (Lipinski definition) is 4. The summed E-state index contributed by atoms with van der Waals surface area (Å²) >= 11 is 1.50. The minimum Gasteiger partial charge on any atom is -0.344 e. The quantitative estimate of drug-likeness (QED) is 0.719. The monoisotopic (exact) mass is 394 g/mol. The average molecular weight is 394 g/mol. The Hall–Kier alpha value is -2.67. The van der Waals surface area contributed by atoms with E-state index >= 15 is 0 Å². The molecule has 0 radical (unpaired) electrons. The smallest absolute Gasteiger partial charge is 0.274 e. The summed E-state index contributed by atoms with van der Waals surface area (Å²) < 4.78 is 15.9. The fourth-order valence-electron chi connectivity index (χ4n) is 3.70. The fraction of sp³-hybridized carbons (Fsp3) is 0.286. The van der Waals surface area contributed by atoms with E-state index in [0.29, 0.717) is 16.5 Å². The SMILES string of the molecule is O=C(NC1CCSc2c(F)cccc21)c1nnn(-c2ccccc2)c1C1CC1. The van der Waals surface area contributed by atoms with Crippen molar-refractivity contribution in [1.82, 2.24) is 20.3 Å². The predicted molar refractivity (Wildman–Crippen MR) is 105 cm³/mol. The van der Waals surface area contributed by atoms with Crippen molar-refractivity contribution in [3.05, 3.63) is 71.3 Å². The summed E-state index contributed by atoms with van der Waals surface area (Å²) in [5.74, 6) is 0.611. The first-order valence-corrected chi connectivity index (χ1v) is 10.4. The van der Waals surface area contributed by atoms with Gasteiger partial charge in [0.2, 0.25) is 0 Å². The van der Waals surface area contributed by atoms with Crippen molar-refractivity contribution in [3.63, 3.8) is 0 Å². The van der Waals surface area contributed by atoms with E-state index < -0.39 is 0 Å². The molecular weight excluding hydrogens is 375 g/mol. The maximum absolute atomic E-state index is 14.1. The highest BCUT2D eigenvalue weighted by molar-refractivity contribution is 7.99. The van der Waals surface area contributed by atoms with Gasteiger partial charge < -0.3 is 5.32 Å². The third-order valence-corrected chi connectivity index (χ3v) is 6.38. The van der Waals surface area contributed by atoms with Gasteiger partial charge in [-0.25, -0.2) is 9.07 Å². The number of nitrogens with one attached hydrogen (secondary N) is 1. The lowest BCUT2D eigenvalue weighted by Crippen LogP contribution is -2.31. The Kier molecular flexibility index (Phi) is 4.39. The molecule has 1 amide bonds.